The van der Waals surface area contributed by atoms with E-state index in [4.69, 9.17) is 21.1 Å². The van der Waals surface area contributed by atoms with Gasteiger partial charge in [0.15, 0.2) is 5.75 Å². The van der Waals surface area contributed by atoms with E-state index in [1.165, 1.54) is 6.33 Å². The Morgan fingerprint density at radius 3 is 2.74 bits per heavy atom. The van der Waals surface area contributed by atoms with Crippen LogP contribution in [0, 0.1) is 0 Å². The maximum absolute atomic E-state index is 13.0. The maximum Gasteiger partial charge on any atom is 0.248 e. The van der Waals surface area contributed by atoms with Crippen LogP contribution < -0.4 is 20.1 Å². The van der Waals surface area contributed by atoms with E-state index in [0.29, 0.717) is 44.6 Å². The van der Waals surface area contributed by atoms with Crippen molar-refractivity contribution >= 4 is 45.6 Å². The van der Waals surface area contributed by atoms with Crippen molar-refractivity contribution in [2.24, 2.45) is 0 Å². The van der Waals surface area contributed by atoms with Gasteiger partial charge in [0.05, 0.1) is 32.9 Å². The molecule has 3 N–H and O–H groups in total. The normalized spacial score (nSPS) is 15.6. The number of nitrogens with zero attached hydrogens (tertiary/aromatic N) is 4. The highest BCUT2D eigenvalue weighted by Gasteiger charge is 2.22. The van der Waals surface area contributed by atoms with Gasteiger partial charge in [-0.15, -0.1) is 0 Å². The molecule has 1 aliphatic heterocycles. The van der Waals surface area contributed by atoms with E-state index in [1.807, 2.05) is 30.3 Å². The fourth-order valence-corrected chi connectivity index (χ4v) is 4.97. The number of hydrogen-bond acceptors (Lipinski definition) is 9. The van der Waals surface area contributed by atoms with Gasteiger partial charge in [0.2, 0.25) is 5.91 Å². The number of pyridine rings is 1. The Balaban J connectivity index is 1.42. The number of anilines is 3. The van der Waals surface area contributed by atoms with Gasteiger partial charge in [-0.1, -0.05) is 23.7 Å². The predicted molar refractivity (Wildman–Crippen MR) is 168 cm³/mol. The van der Waals surface area contributed by atoms with E-state index in [-0.39, 0.29) is 25.2 Å². The molecule has 2 aromatic heterocycles. The van der Waals surface area contributed by atoms with Crippen molar-refractivity contribution in [3.05, 3.63) is 83.9 Å². The summed E-state index contributed by atoms with van der Waals surface area (Å²) in [4.78, 5) is 28.3. The van der Waals surface area contributed by atoms with Gasteiger partial charge < -0.3 is 25.2 Å². The van der Waals surface area contributed by atoms with Crippen molar-refractivity contribution in [3.63, 3.8) is 0 Å². The number of ether oxygens (including phenoxy) is 2. The fraction of sp³-hybridized carbons (Fsp3) is 0.312. The van der Waals surface area contributed by atoms with Crippen molar-refractivity contribution in [2.75, 3.05) is 30.8 Å². The lowest BCUT2D eigenvalue weighted by molar-refractivity contribution is -0.112. The van der Waals surface area contributed by atoms with Gasteiger partial charge in [-0.3, -0.25) is 14.7 Å². The Morgan fingerprint density at radius 2 is 2.02 bits per heavy atom. The number of benzene rings is 2. The molecule has 1 fully saturated rings. The second-order valence-electron chi connectivity index (χ2n) is 11.1. The number of likely N-dealkylation sites (tertiary alicyclic amines) is 1. The lowest BCUT2D eigenvalue weighted by Gasteiger charge is -2.21. The summed E-state index contributed by atoms with van der Waals surface area (Å²) in [5, 5.41) is 17.6. The van der Waals surface area contributed by atoms with Crippen LogP contribution in [0.4, 0.5) is 17.2 Å². The summed E-state index contributed by atoms with van der Waals surface area (Å²) < 4.78 is 12.0. The average Bonchev–Trinajstić information content (AvgIpc) is 3.39. The second-order valence-corrected chi connectivity index (χ2v) is 11.5. The van der Waals surface area contributed by atoms with Gasteiger partial charge in [0, 0.05) is 24.0 Å². The maximum atomic E-state index is 13.0. The molecule has 2 aromatic carbocycles. The number of aliphatic hydroxyl groups is 1. The SMILES string of the molecule is CN1CCC[C@@H]1/C=C/C(=O)Nc1ccc2ncnc(Nc3ccc(OCc4ccccn4)c(Cl)c3)c2c1OCC(C)(C)O. The van der Waals surface area contributed by atoms with Crippen LogP contribution in [-0.2, 0) is 11.4 Å². The summed E-state index contributed by atoms with van der Waals surface area (Å²) in [5.41, 5.74) is 1.34. The summed E-state index contributed by atoms with van der Waals surface area (Å²) >= 11 is 6.55. The first-order valence-electron chi connectivity index (χ1n) is 14.1. The molecule has 11 heteroatoms. The van der Waals surface area contributed by atoms with Crippen LogP contribution in [0.2, 0.25) is 5.02 Å². The smallest absolute Gasteiger partial charge is 0.248 e. The van der Waals surface area contributed by atoms with Crippen molar-refractivity contribution in [1.82, 2.24) is 19.9 Å². The van der Waals surface area contributed by atoms with E-state index < -0.39 is 5.60 Å². The molecule has 224 valence electrons. The van der Waals surface area contributed by atoms with Crippen molar-refractivity contribution in [2.45, 2.75) is 44.9 Å². The van der Waals surface area contributed by atoms with Gasteiger partial charge in [0.1, 0.15) is 31.1 Å². The third-order valence-electron chi connectivity index (χ3n) is 6.93. The minimum absolute atomic E-state index is 0.0276. The highest BCUT2D eigenvalue weighted by molar-refractivity contribution is 6.32. The largest absolute Gasteiger partial charge is 0.488 e. The van der Waals surface area contributed by atoms with E-state index >= 15 is 0 Å². The molecule has 0 bridgehead atoms. The van der Waals surface area contributed by atoms with Crippen LogP contribution in [-0.4, -0.2) is 62.7 Å². The predicted octanol–water partition coefficient (Wildman–Crippen LogP) is 5.74. The molecule has 0 aliphatic carbocycles. The molecule has 4 aromatic rings. The topological polar surface area (TPSA) is 122 Å². The van der Waals surface area contributed by atoms with Crippen molar-refractivity contribution in [1.29, 1.82) is 0 Å². The number of hydrogen-bond donors (Lipinski definition) is 3. The number of rotatable bonds is 11. The number of likely N-dealkylation sites (N-methyl/N-ethyl adjacent to an activating group) is 1. The number of aromatic nitrogens is 3. The van der Waals surface area contributed by atoms with Crippen LogP contribution in [0.25, 0.3) is 10.9 Å². The number of carbonyl (C=O) groups is 1. The molecule has 0 spiro atoms. The monoisotopic (exact) mass is 602 g/mol. The zero-order valence-corrected chi connectivity index (χ0v) is 25.1. The molecule has 43 heavy (non-hydrogen) atoms. The summed E-state index contributed by atoms with van der Waals surface area (Å²) in [6.07, 6.45) is 8.75. The summed E-state index contributed by atoms with van der Waals surface area (Å²) in [5.74, 6) is 1.01. The molecule has 0 saturated carbocycles. The molecule has 0 unspecified atom stereocenters. The molecule has 1 saturated heterocycles. The van der Waals surface area contributed by atoms with Crippen LogP contribution in [0.1, 0.15) is 32.4 Å². The van der Waals surface area contributed by atoms with Gasteiger partial charge >= 0.3 is 0 Å². The van der Waals surface area contributed by atoms with Gasteiger partial charge in [-0.25, -0.2) is 9.97 Å². The molecule has 3 heterocycles. The Kier molecular flexibility index (Phi) is 9.40. The fourth-order valence-electron chi connectivity index (χ4n) is 4.73. The number of nitrogens with one attached hydrogen (secondary N) is 2. The van der Waals surface area contributed by atoms with Gasteiger partial charge in [0.25, 0.3) is 0 Å². The van der Waals surface area contributed by atoms with Crippen molar-refractivity contribution < 1.29 is 19.4 Å². The molecule has 10 nitrogen and oxygen atoms in total. The number of amides is 1. The zero-order valence-electron chi connectivity index (χ0n) is 24.4. The Bertz CT molecular complexity index is 1610. The first kappa shape index (κ1) is 30.2. The molecule has 1 amide bonds. The molecular formula is C32H35ClN6O4. The number of halogens is 1. The van der Waals surface area contributed by atoms with E-state index in [1.54, 1.807) is 50.4 Å². The minimum Gasteiger partial charge on any atom is -0.488 e. The Labute approximate surface area is 255 Å². The second kappa shape index (κ2) is 13.4. The van der Waals surface area contributed by atoms with Crippen LogP contribution in [0.5, 0.6) is 11.5 Å². The first-order chi connectivity index (χ1) is 20.7. The zero-order chi connectivity index (χ0) is 30.4. The number of fused-ring (bicyclic) bond motifs is 1. The van der Waals surface area contributed by atoms with Gasteiger partial charge in [-0.05, 0) is 82.7 Å². The standard InChI is InChI=1S/C32H35ClN6O4/c1-32(2,41)19-43-30-26(38-28(40)14-10-23-8-6-16-39(23)3)12-11-25-29(30)31(36-20-35-25)37-21-9-13-27(24(33)17-21)42-18-22-7-4-5-15-34-22/h4-5,7,9-15,17,20,23,41H,6,8,16,18-19H2,1-3H3,(H,38,40)(H,35,36,37)/b14-10+/t23-/m1/s1. The average molecular weight is 603 g/mol. The van der Waals surface area contributed by atoms with Crippen LogP contribution in [0.3, 0.4) is 0 Å². The van der Waals surface area contributed by atoms with E-state index in [0.717, 1.165) is 25.1 Å². The van der Waals surface area contributed by atoms with Crippen LogP contribution in [0.15, 0.2) is 73.2 Å². The summed E-state index contributed by atoms with van der Waals surface area (Å²) in [6, 6.07) is 14.7. The molecule has 0 radical (unpaired) electrons. The third-order valence-corrected chi connectivity index (χ3v) is 7.22. The lowest BCUT2D eigenvalue weighted by atomic mass is 10.1. The minimum atomic E-state index is -1.13. The van der Waals surface area contributed by atoms with E-state index in [2.05, 4.69) is 37.5 Å². The highest BCUT2D eigenvalue weighted by Crippen LogP contribution is 2.39. The first-order valence-corrected chi connectivity index (χ1v) is 14.5. The molecule has 5 rings (SSSR count). The quantitative estimate of drug-likeness (QED) is 0.184. The third kappa shape index (κ3) is 7.98. The number of carbonyl (C=O) groups excluding carboxylic acids is 1. The van der Waals surface area contributed by atoms with Crippen molar-refractivity contribution in [3.8, 4) is 11.5 Å². The molecule has 1 aliphatic rings. The Hall–Kier alpha value is -4.25. The molecule has 1 atom stereocenters. The van der Waals surface area contributed by atoms with Crippen LogP contribution >= 0.6 is 11.6 Å². The summed E-state index contributed by atoms with van der Waals surface area (Å²) in [7, 11) is 2.05. The summed E-state index contributed by atoms with van der Waals surface area (Å²) in [6.45, 7) is 4.56. The molecular weight excluding hydrogens is 568 g/mol. The van der Waals surface area contributed by atoms with Gasteiger partial charge in [-0.2, -0.15) is 0 Å². The lowest BCUT2D eigenvalue weighted by Crippen LogP contribution is -2.28. The van der Waals surface area contributed by atoms with E-state index in [9.17, 15) is 9.90 Å². The highest BCUT2D eigenvalue weighted by atomic mass is 35.5. The Morgan fingerprint density at radius 1 is 1.16 bits per heavy atom.